The average molecular weight is 257 g/mol. The third-order valence-electron chi connectivity index (χ3n) is 3.67. The van der Waals surface area contributed by atoms with Crippen molar-refractivity contribution in [1.82, 2.24) is 4.57 Å². The van der Waals surface area contributed by atoms with Gasteiger partial charge >= 0.3 is 0 Å². The van der Waals surface area contributed by atoms with Crippen LogP contribution >= 0.6 is 0 Å². The maximum Gasteiger partial charge on any atom is 0.192 e. The topological polar surface area (TPSA) is 22.0 Å². The van der Waals surface area contributed by atoms with Gasteiger partial charge in [0, 0.05) is 23.7 Å². The van der Waals surface area contributed by atoms with Crippen molar-refractivity contribution in [2.24, 2.45) is 0 Å². The molecule has 0 unspecified atom stereocenters. The predicted molar refractivity (Wildman–Crippen MR) is 81.7 cm³/mol. The van der Waals surface area contributed by atoms with Gasteiger partial charge in [-0.25, -0.2) is 0 Å². The molecular formula is C17H23NO. The van der Waals surface area contributed by atoms with E-state index in [2.05, 4.69) is 11.5 Å². The molecule has 1 aromatic heterocycles. The first-order chi connectivity index (χ1) is 9.24. The fourth-order valence-corrected chi connectivity index (χ4v) is 2.56. The highest BCUT2D eigenvalue weighted by atomic mass is 16.1. The number of aromatic nitrogens is 1. The molecule has 0 fully saturated rings. The van der Waals surface area contributed by atoms with E-state index in [0.29, 0.717) is 0 Å². The number of nitrogens with zero attached hydrogens (tertiary/aromatic N) is 1. The molecule has 0 N–H and O–H groups in total. The first-order valence-corrected chi connectivity index (χ1v) is 7.33. The Bertz CT molecular complexity index is 598. The van der Waals surface area contributed by atoms with Crippen molar-refractivity contribution >= 4 is 10.9 Å². The molecule has 19 heavy (non-hydrogen) atoms. The number of aryl methyl sites for hydroxylation is 2. The van der Waals surface area contributed by atoms with Gasteiger partial charge in [-0.2, -0.15) is 0 Å². The molecule has 0 aliphatic rings. The Labute approximate surface area is 115 Å². The van der Waals surface area contributed by atoms with Crippen LogP contribution in [0, 0.1) is 6.92 Å². The Morgan fingerprint density at radius 3 is 2.58 bits per heavy atom. The molecule has 0 bridgehead atoms. The standard InChI is InChI=1S/C17H23NO/c1-3-4-5-6-9-12-18-13-14(2)17(19)15-10-7-8-11-16(15)18/h7-8,10-11,13H,3-6,9,12H2,1-2H3. The van der Waals surface area contributed by atoms with Gasteiger partial charge in [0.25, 0.3) is 0 Å². The summed E-state index contributed by atoms with van der Waals surface area (Å²) in [6, 6.07) is 7.92. The Hall–Kier alpha value is -1.57. The molecule has 2 heteroatoms. The van der Waals surface area contributed by atoms with Gasteiger partial charge in [-0.1, -0.05) is 44.7 Å². The van der Waals surface area contributed by atoms with Crippen LogP contribution in [0.2, 0.25) is 0 Å². The van der Waals surface area contributed by atoms with E-state index < -0.39 is 0 Å². The molecular weight excluding hydrogens is 234 g/mol. The lowest BCUT2D eigenvalue weighted by atomic mass is 10.1. The smallest absolute Gasteiger partial charge is 0.192 e. The van der Waals surface area contributed by atoms with E-state index in [1.807, 2.05) is 37.4 Å². The van der Waals surface area contributed by atoms with Crippen molar-refractivity contribution in [1.29, 1.82) is 0 Å². The number of hydrogen-bond acceptors (Lipinski definition) is 1. The van der Waals surface area contributed by atoms with Crippen molar-refractivity contribution in [2.75, 3.05) is 0 Å². The summed E-state index contributed by atoms with van der Waals surface area (Å²) in [6.07, 6.45) is 8.38. The molecule has 2 aromatic rings. The number of unbranched alkanes of at least 4 members (excludes halogenated alkanes) is 4. The van der Waals surface area contributed by atoms with Gasteiger partial charge in [0.15, 0.2) is 5.43 Å². The van der Waals surface area contributed by atoms with Crippen LogP contribution in [0.25, 0.3) is 10.9 Å². The molecule has 0 spiro atoms. The average Bonchev–Trinajstić information content (AvgIpc) is 2.44. The van der Waals surface area contributed by atoms with Gasteiger partial charge in [-0.3, -0.25) is 4.79 Å². The van der Waals surface area contributed by atoms with E-state index in [1.165, 1.54) is 32.1 Å². The van der Waals surface area contributed by atoms with Crippen LogP contribution in [0.15, 0.2) is 35.3 Å². The number of hydrogen-bond donors (Lipinski definition) is 0. The summed E-state index contributed by atoms with van der Waals surface area (Å²) in [4.78, 5) is 12.1. The second-order valence-electron chi connectivity index (χ2n) is 5.27. The lowest BCUT2D eigenvalue weighted by Gasteiger charge is -2.12. The van der Waals surface area contributed by atoms with E-state index in [9.17, 15) is 4.79 Å². The monoisotopic (exact) mass is 257 g/mol. The fourth-order valence-electron chi connectivity index (χ4n) is 2.56. The van der Waals surface area contributed by atoms with Gasteiger partial charge in [-0.05, 0) is 25.5 Å². The van der Waals surface area contributed by atoms with Gasteiger partial charge in [0.2, 0.25) is 0 Å². The molecule has 0 aliphatic heterocycles. The highest BCUT2D eigenvalue weighted by molar-refractivity contribution is 5.79. The number of fused-ring (bicyclic) bond motifs is 1. The summed E-state index contributed by atoms with van der Waals surface area (Å²) in [5.74, 6) is 0. The van der Waals surface area contributed by atoms with Crippen LogP contribution in [0.5, 0.6) is 0 Å². The lowest BCUT2D eigenvalue weighted by molar-refractivity contribution is 0.575. The van der Waals surface area contributed by atoms with Crippen molar-refractivity contribution in [3.05, 3.63) is 46.2 Å². The summed E-state index contributed by atoms with van der Waals surface area (Å²) in [5.41, 5.74) is 2.07. The van der Waals surface area contributed by atoms with Crippen LogP contribution in [0.3, 0.4) is 0 Å². The zero-order valence-corrected chi connectivity index (χ0v) is 12.0. The number of rotatable bonds is 6. The molecule has 1 aromatic carbocycles. The van der Waals surface area contributed by atoms with Gasteiger partial charge in [-0.15, -0.1) is 0 Å². The Morgan fingerprint density at radius 2 is 1.79 bits per heavy atom. The largest absolute Gasteiger partial charge is 0.347 e. The minimum Gasteiger partial charge on any atom is -0.347 e. The van der Waals surface area contributed by atoms with E-state index in [4.69, 9.17) is 0 Å². The van der Waals surface area contributed by atoms with E-state index in [1.54, 1.807) is 0 Å². The van der Waals surface area contributed by atoms with E-state index >= 15 is 0 Å². The summed E-state index contributed by atoms with van der Waals surface area (Å²) in [5, 5.41) is 0.844. The molecule has 0 aliphatic carbocycles. The first-order valence-electron chi connectivity index (χ1n) is 7.33. The highest BCUT2D eigenvalue weighted by Gasteiger charge is 2.05. The number of benzene rings is 1. The van der Waals surface area contributed by atoms with Gasteiger partial charge < -0.3 is 4.57 Å². The second kappa shape index (κ2) is 6.55. The van der Waals surface area contributed by atoms with Crippen molar-refractivity contribution in [3.63, 3.8) is 0 Å². The molecule has 0 atom stereocenters. The fraction of sp³-hybridized carbons (Fsp3) is 0.471. The number of pyridine rings is 1. The molecule has 0 saturated carbocycles. The summed E-state index contributed by atoms with van der Waals surface area (Å²) < 4.78 is 2.23. The van der Waals surface area contributed by atoms with Crippen molar-refractivity contribution < 1.29 is 0 Å². The van der Waals surface area contributed by atoms with Gasteiger partial charge in [0.05, 0.1) is 5.52 Å². The van der Waals surface area contributed by atoms with Gasteiger partial charge in [0.1, 0.15) is 0 Å². The lowest BCUT2D eigenvalue weighted by Crippen LogP contribution is -2.12. The third-order valence-corrected chi connectivity index (χ3v) is 3.67. The normalized spacial score (nSPS) is 11.1. The number of para-hydroxylation sites is 1. The van der Waals surface area contributed by atoms with E-state index in [0.717, 1.165) is 23.0 Å². The molecule has 0 saturated heterocycles. The highest BCUT2D eigenvalue weighted by Crippen LogP contribution is 2.13. The zero-order chi connectivity index (χ0) is 13.7. The predicted octanol–water partition coefficient (Wildman–Crippen LogP) is 4.28. The third kappa shape index (κ3) is 3.25. The molecule has 2 nitrogen and oxygen atoms in total. The van der Waals surface area contributed by atoms with Crippen LogP contribution < -0.4 is 5.43 Å². The summed E-state index contributed by atoms with van der Waals surface area (Å²) in [7, 11) is 0. The Balaban J connectivity index is 2.19. The van der Waals surface area contributed by atoms with Crippen LogP contribution in [-0.2, 0) is 6.54 Å². The van der Waals surface area contributed by atoms with Crippen LogP contribution in [0.1, 0.15) is 44.6 Å². The Morgan fingerprint density at radius 1 is 1.05 bits per heavy atom. The minimum absolute atomic E-state index is 0.165. The second-order valence-corrected chi connectivity index (χ2v) is 5.27. The van der Waals surface area contributed by atoms with Crippen LogP contribution in [-0.4, -0.2) is 4.57 Å². The van der Waals surface area contributed by atoms with Crippen molar-refractivity contribution in [3.8, 4) is 0 Å². The molecule has 0 amide bonds. The molecule has 0 radical (unpaired) electrons. The molecule has 2 rings (SSSR count). The Kier molecular flexibility index (Phi) is 4.78. The summed E-state index contributed by atoms with van der Waals surface area (Å²) in [6.45, 7) is 5.15. The minimum atomic E-state index is 0.165. The maximum atomic E-state index is 12.1. The molecule has 102 valence electrons. The molecule has 1 heterocycles. The first kappa shape index (κ1) is 13.9. The SMILES string of the molecule is CCCCCCCn1cc(C)c(=O)c2ccccc21. The summed E-state index contributed by atoms with van der Waals surface area (Å²) >= 11 is 0. The quantitative estimate of drug-likeness (QED) is 0.708. The van der Waals surface area contributed by atoms with Crippen LogP contribution in [0.4, 0.5) is 0 Å². The van der Waals surface area contributed by atoms with Crippen molar-refractivity contribution in [2.45, 2.75) is 52.5 Å². The van der Waals surface area contributed by atoms with E-state index in [-0.39, 0.29) is 5.43 Å². The zero-order valence-electron chi connectivity index (χ0n) is 12.0. The maximum absolute atomic E-state index is 12.1.